The van der Waals surface area contributed by atoms with Gasteiger partial charge in [0, 0.05) is 37.8 Å². The van der Waals surface area contributed by atoms with Crippen LogP contribution >= 0.6 is 12.4 Å². The molecule has 1 aromatic rings. The Kier molecular flexibility index (Phi) is 8.66. The van der Waals surface area contributed by atoms with Crippen LogP contribution in [0.3, 0.4) is 0 Å². The van der Waals surface area contributed by atoms with Crippen molar-refractivity contribution in [2.24, 2.45) is 0 Å². The van der Waals surface area contributed by atoms with E-state index in [1.165, 1.54) is 6.07 Å². The molecule has 1 saturated heterocycles. The number of hydrogen-bond donors (Lipinski definition) is 1. The van der Waals surface area contributed by atoms with E-state index in [2.05, 4.69) is 16.8 Å². The summed E-state index contributed by atoms with van der Waals surface area (Å²) in [6.45, 7) is 6.91. The van der Waals surface area contributed by atoms with E-state index in [4.69, 9.17) is 0 Å². The van der Waals surface area contributed by atoms with Crippen LogP contribution in [0.5, 0.6) is 0 Å². The molecule has 2 nitrogen and oxygen atoms in total. The molecule has 1 aliphatic heterocycles. The average molecular weight is 349 g/mol. The Morgan fingerprint density at radius 3 is 2.48 bits per heavy atom. The molecule has 0 aromatic heterocycles. The number of nitrogens with zero attached hydrogens (tertiary/aromatic N) is 1. The van der Waals surface area contributed by atoms with E-state index in [1.54, 1.807) is 0 Å². The lowest BCUT2D eigenvalue weighted by Crippen LogP contribution is -2.45. The van der Waals surface area contributed by atoms with Crippen LogP contribution in [-0.4, -0.2) is 31.1 Å². The van der Waals surface area contributed by atoms with Crippen molar-refractivity contribution in [1.29, 1.82) is 0 Å². The van der Waals surface area contributed by atoms with Gasteiger partial charge >= 0.3 is 0 Å². The zero-order chi connectivity index (χ0) is 15.9. The van der Waals surface area contributed by atoms with Crippen molar-refractivity contribution in [3.8, 4) is 0 Å². The van der Waals surface area contributed by atoms with Gasteiger partial charge in [-0.1, -0.05) is 18.6 Å². The molecule has 23 heavy (non-hydrogen) atoms. The molecule has 0 spiro atoms. The number of piperazine rings is 1. The van der Waals surface area contributed by atoms with E-state index in [0.29, 0.717) is 0 Å². The topological polar surface area (TPSA) is 15.3 Å². The van der Waals surface area contributed by atoms with Gasteiger partial charge in [0.05, 0.1) is 0 Å². The third-order valence-corrected chi connectivity index (χ3v) is 4.15. The Labute approximate surface area is 142 Å². The van der Waals surface area contributed by atoms with Crippen molar-refractivity contribution < 1.29 is 13.2 Å². The van der Waals surface area contributed by atoms with Gasteiger partial charge in [0.25, 0.3) is 0 Å². The first-order valence-corrected chi connectivity index (χ1v) is 7.84. The number of halogens is 4. The highest BCUT2D eigenvalue weighted by atomic mass is 35.5. The third-order valence-electron chi connectivity index (χ3n) is 4.15. The molecular weight excluding hydrogens is 325 g/mol. The highest BCUT2D eigenvalue weighted by Crippen LogP contribution is 2.30. The molecule has 1 atom stereocenters. The molecule has 1 N–H and O–H groups in total. The second kappa shape index (κ2) is 9.96. The molecule has 0 bridgehead atoms. The van der Waals surface area contributed by atoms with Gasteiger partial charge in [-0.05, 0) is 25.3 Å². The summed E-state index contributed by atoms with van der Waals surface area (Å²) in [6.07, 6.45) is 5.37. The SMILES string of the molecule is C=CCCCC[C@H](c1ccc(F)c(F)c1F)N1CCNCC1.Cl. The largest absolute Gasteiger partial charge is 0.314 e. The number of benzene rings is 1. The van der Waals surface area contributed by atoms with Crippen LogP contribution in [0.4, 0.5) is 13.2 Å². The Balaban J connectivity index is 0.00000264. The lowest BCUT2D eigenvalue weighted by Gasteiger charge is -2.35. The van der Waals surface area contributed by atoms with E-state index in [0.717, 1.165) is 57.9 Å². The van der Waals surface area contributed by atoms with Crippen LogP contribution in [0.1, 0.15) is 37.3 Å². The summed E-state index contributed by atoms with van der Waals surface area (Å²) in [5.41, 5.74) is 0.263. The van der Waals surface area contributed by atoms with E-state index in [-0.39, 0.29) is 24.0 Å². The lowest BCUT2D eigenvalue weighted by molar-refractivity contribution is 0.158. The molecule has 1 aromatic carbocycles. The minimum atomic E-state index is -1.37. The first kappa shape index (κ1) is 20.0. The van der Waals surface area contributed by atoms with E-state index >= 15 is 0 Å². The second-order valence-corrected chi connectivity index (χ2v) is 5.64. The standard InChI is InChI=1S/C17H23F3N2.ClH/c1-2-3-4-5-6-15(22-11-9-21-10-12-22)13-7-8-14(18)17(20)16(13)19;/h2,7-8,15,21H,1,3-6,9-12H2;1H/t15-;/m1./s1. The summed E-state index contributed by atoms with van der Waals surface area (Å²) in [6, 6.07) is 2.20. The maximum absolute atomic E-state index is 14.2. The summed E-state index contributed by atoms with van der Waals surface area (Å²) in [5.74, 6) is -3.55. The molecule has 0 aliphatic carbocycles. The lowest BCUT2D eigenvalue weighted by atomic mass is 9.97. The highest BCUT2D eigenvalue weighted by Gasteiger charge is 2.26. The molecule has 0 unspecified atom stereocenters. The number of rotatable bonds is 7. The maximum atomic E-state index is 14.2. The maximum Gasteiger partial charge on any atom is 0.194 e. The van der Waals surface area contributed by atoms with Gasteiger partial charge in [-0.3, -0.25) is 4.90 Å². The molecule has 1 fully saturated rings. The number of unbranched alkanes of at least 4 members (excludes halogenated alkanes) is 2. The molecule has 0 radical (unpaired) electrons. The Hall–Kier alpha value is -1.04. The van der Waals surface area contributed by atoms with Gasteiger partial charge in [0.1, 0.15) is 0 Å². The average Bonchev–Trinajstić information content (AvgIpc) is 2.55. The fraction of sp³-hybridized carbons (Fsp3) is 0.529. The van der Waals surface area contributed by atoms with Crippen LogP contribution in [0, 0.1) is 17.5 Å². The summed E-state index contributed by atoms with van der Waals surface area (Å²) in [7, 11) is 0. The van der Waals surface area contributed by atoms with Crippen LogP contribution in [0.25, 0.3) is 0 Å². The number of allylic oxidation sites excluding steroid dienone is 1. The smallest absolute Gasteiger partial charge is 0.194 e. The summed E-state index contributed by atoms with van der Waals surface area (Å²) >= 11 is 0. The van der Waals surface area contributed by atoms with Crippen molar-refractivity contribution in [1.82, 2.24) is 10.2 Å². The quantitative estimate of drug-likeness (QED) is 0.451. The molecule has 1 aliphatic rings. The third kappa shape index (κ3) is 5.23. The Morgan fingerprint density at radius 2 is 1.83 bits per heavy atom. The van der Waals surface area contributed by atoms with Crippen LogP contribution in [0.2, 0.25) is 0 Å². The zero-order valence-corrected chi connectivity index (χ0v) is 14.0. The molecular formula is C17H24ClF3N2. The Morgan fingerprint density at radius 1 is 1.13 bits per heavy atom. The molecule has 6 heteroatoms. The fourth-order valence-corrected chi connectivity index (χ4v) is 2.95. The van der Waals surface area contributed by atoms with Gasteiger partial charge in [0.2, 0.25) is 0 Å². The van der Waals surface area contributed by atoms with E-state index < -0.39 is 17.5 Å². The van der Waals surface area contributed by atoms with Crippen molar-refractivity contribution >= 4 is 12.4 Å². The fourth-order valence-electron chi connectivity index (χ4n) is 2.95. The predicted molar refractivity (Wildman–Crippen MR) is 89.4 cm³/mol. The minimum Gasteiger partial charge on any atom is -0.314 e. The van der Waals surface area contributed by atoms with Gasteiger partial charge in [0.15, 0.2) is 17.5 Å². The van der Waals surface area contributed by atoms with Crippen molar-refractivity contribution in [2.75, 3.05) is 26.2 Å². The van der Waals surface area contributed by atoms with Crippen molar-refractivity contribution in [3.63, 3.8) is 0 Å². The number of hydrogen-bond acceptors (Lipinski definition) is 2. The Bertz CT molecular complexity index is 505. The van der Waals surface area contributed by atoms with Crippen molar-refractivity contribution in [2.45, 2.75) is 31.7 Å². The summed E-state index contributed by atoms with van der Waals surface area (Å²) in [5, 5.41) is 3.25. The minimum absolute atomic E-state index is 0. The predicted octanol–water partition coefficient (Wildman–Crippen LogP) is 4.22. The molecule has 130 valence electrons. The van der Waals surface area contributed by atoms with Gasteiger partial charge in [-0.15, -0.1) is 19.0 Å². The van der Waals surface area contributed by atoms with Crippen LogP contribution in [-0.2, 0) is 0 Å². The molecule has 0 saturated carbocycles. The monoisotopic (exact) mass is 348 g/mol. The zero-order valence-electron chi connectivity index (χ0n) is 13.2. The molecule has 2 rings (SSSR count). The first-order chi connectivity index (χ1) is 10.6. The first-order valence-electron chi connectivity index (χ1n) is 7.84. The second-order valence-electron chi connectivity index (χ2n) is 5.64. The molecule has 0 amide bonds. The van der Waals surface area contributed by atoms with Gasteiger partial charge < -0.3 is 5.32 Å². The van der Waals surface area contributed by atoms with E-state index in [1.807, 2.05) is 6.08 Å². The summed E-state index contributed by atoms with van der Waals surface area (Å²) < 4.78 is 40.9. The highest BCUT2D eigenvalue weighted by molar-refractivity contribution is 5.85. The molecule has 1 heterocycles. The number of nitrogens with one attached hydrogen (secondary N) is 1. The summed E-state index contributed by atoms with van der Waals surface area (Å²) in [4.78, 5) is 2.15. The van der Waals surface area contributed by atoms with Gasteiger partial charge in [-0.2, -0.15) is 0 Å². The van der Waals surface area contributed by atoms with E-state index in [9.17, 15) is 13.2 Å². The van der Waals surface area contributed by atoms with Gasteiger partial charge in [-0.25, -0.2) is 13.2 Å². The van der Waals surface area contributed by atoms with Crippen LogP contribution in [0.15, 0.2) is 24.8 Å². The van der Waals surface area contributed by atoms with Crippen LogP contribution < -0.4 is 5.32 Å². The van der Waals surface area contributed by atoms with Crippen molar-refractivity contribution in [3.05, 3.63) is 47.8 Å². The normalized spacial score (nSPS) is 16.7.